The number of fused-ring (bicyclic) bond motifs is 2. The fourth-order valence-corrected chi connectivity index (χ4v) is 3.85. The number of amides is 2. The highest BCUT2D eigenvalue weighted by Gasteiger charge is 2.19. The van der Waals surface area contributed by atoms with Crippen LogP contribution in [0.4, 0.5) is 10.5 Å². The molecule has 1 aromatic heterocycles. The molecule has 3 heterocycles. The number of benzene rings is 1. The summed E-state index contributed by atoms with van der Waals surface area (Å²) in [5.74, 6) is 1.99. The van der Waals surface area contributed by atoms with Crippen molar-refractivity contribution in [3.63, 3.8) is 0 Å². The van der Waals surface area contributed by atoms with E-state index in [1.807, 2.05) is 31.3 Å². The predicted octanol–water partition coefficient (Wildman–Crippen LogP) is 2.63. The summed E-state index contributed by atoms with van der Waals surface area (Å²) in [7, 11) is 0. The Kier molecular flexibility index (Phi) is 3.65. The van der Waals surface area contributed by atoms with Crippen LogP contribution in [-0.2, 0) is 19.5 Å². The molecule has 2 amide bonds. The van der Waals surface area contributed by atoms with Gasteiger partial charge in [0.25, 0.3) is 0 Å². The quantitative estimate of drug-likeness (QED) is 0.908. The number of hydrogen-bond acceptors (Lipinski definition) is 4. The Morgan fingerprint density at radius 3 is 3.30 bits per heavy atom. The summed E-state index contributed by atoms with van der Waals surface area (Å²) in [4.78, 5) is 16.5. The SMILES string of the molecule is CC1Cc2cc(NC(=O)NCc3cn4c(n3)SCC4)ccc2O1. The summed E-state index contributed by atoms with van der Waals surface area (Å²) in [5.41, 5.74) is 2.80. The first-order chi connectivity index (χ1) is 11.2. The molecule has 0 fully saturated rings. The van der Waals surface area contributed by atoms with Crippen LogP contribution in [0.25, 0.3) is 0 Å². The molecular formula is C16H18N4O2S. The maximum Gasteiger partial charge on any atom is 0.319 e. The van der Waals surface area contributed by atoms with Gasteiger partial charge in [0.15, 0.2) is 5.16 Å². The van der Waals surface area contributed by atoms with Crippen LogP contribution >= 0.6 is 11.8 Å². The molecule has 2 aliphatic rings. The van der Waals surface area contributed by atoms with Gasteiger partial charge in [0, 0.05) is 30.6 Å². The Morgan fingerprint density at radius 1 is 1.52 bits per heavy atom. The predicted molar refractivity (Wildman–Crippen MR) is 89.0 cm³/mol. The second kappa shape index (κ2) is 5.81. The topological polar surface area (TPSA) is 68.2 Å². The van der Waals surface area contributed by atoms with Gasteiger partial charge in [-0.3, -0.25) is 0 Å². The van der Waals surface area contributed by atoms with Crippen molar-refractivity contribution in [2.75, 3.05) is 11.1 Å². The van der Waals surface area contributed by atoms with Gasteiger partial charge in [0.2, 0.25) is 0 Å². The number of carbonyl (C=O) groups is 1. The Morgan fingerprint density at radius 2 is 2.43 bits per heavy atom. The molecule has 2 aromatic rings. The van der Waals surface area contributed by atoms with Crippen molar-refractivity contribution < 1.29 is 9.53 Å². The molecule has 0 spiro atoms. The fraction of sp³-hybridized carbons (Fsp3) is 0.375. The molecule has 2 N–H and O–H groups in total. The number of imidazole rings is 1. The van der Waals surface area contributed by atoms with Gasteiger partial charge >= 0.3 is 6.03 Å². The molecule has 0 radical (unpaired) electrons. The van der Waals surface area contributed by atoms with Gasteiger partial charge in [-0.15, -0.1) is 0 Å². The first-order valence-electron chi connectivity index (χ1n) is 7.70. The molecule has 7 heteroatoms. The first kappa shape index (κ1) is 14.4. The molecule has 1 unspecified atom stereocenters. The molecule has 1 atom stereocenters. The van der Waals surface area contributed by atoms with Crippen molar-refractivity contribution in [3.05, 3.63) is 35.7 Å². The van der Waals surface area contributed by atoms with Gasteiger partial charge in [0.1, 0.15) is 11.9 Å². The van der Waals surface area contributed by atoms with E-state index < -0.39 is 0 Å². The summed E-state index contributed by atoms with van der Waals surface area (Å²) in [6, 6.07) is 5.52. The van der Waals surface area contributed by atoms with E-state index in [0.29, 0.717) is 6.54 Å². The summed E-state index contributed by atoms with van der Waals surface area (Å²) in [5, 5.41) is 6.74. The standard InChI is InChI=1S/C16H18N4O2S/c1-10-6-11-7-12(2-3-14(11)22-10)18-15(21)17-8-13-9-20-4-5-23-16(20)19-13/h2-3,7,9-10H,4-6,8H2,1H3,(H2,17,18,21). The zero-order valence-corrected chi connectivity index (χ0v) is 13.7. The van der Waals surface area contributed by atoms with E-state index in [-0.39, 0.29) is 12.1 Å². The smallest absolute Gasteiger partial charge is 0.319 e. The van der Waals surface area contributed by atoms with Crippen LogP contribution in [0.5, 0.6) is 5.75 Å². The lowest BCUT2D eigenvalue weighted by Crippen LogP contribution is -2.28. The number of rotatable bonds is 3. The van der Waals surface area contributed by atoms with E-state index in [1.165, 1.54) is 0 Å². The monoisotopic (exact) mass is 330 g/mol. The van der Waals surface area contributed by atoms with Gasteiger partial charge in [-0.2, -0.15) is 0 Å². The summed E-state index contributed by atoms with van der Waals surface area (Å²) < 4.78 is 7.79. The molecular weight excluding hydrogens is 312 g/mol. The molecule has 2 aliphatic heterocycles. The van der Waals surface area contributed by atoms with Gasteiger partial charge in [-0.25, -0.2) is 9.78 Å². The first-order valence-corrected chi connectivity index (χ1v) is 8.69. The lowest BCUT2D eigenvalue weighted by Gasteiger charge is -2.08. The Balaban J connectivity index is 1.34. The number of aryl methyl sites for hydroxylation is 1. The normalized spacial score (nSPS) is 18.2. The van der Waals surface area contributed by atoms with Crippen molar-refractivity contribution in [3.8, 4) is 5.75 Å². The minimum atomic E-state index is -0.224. The number of nitrogens with zero attached hydrogens (tertiary/aromatic N) is 2. The molecule has 6 nitrogen and oxygen atoms in total. The maximum absolute atomic E-state index is 12.0. The zero-order chi connectivity index (χ0) is 15.8. The van der Waals surface area contributed by atoms with E-state index in [2.05, 4.69) is 20.2 Å². The number of hydrogen-bond donors (Lipinski definition) is 2. The number of aromatic nitrogens is 2. The fourth-order valence-electron chi connectivity index (χ4n) is 2.89. The second-order valence-electron chi connectivity index (χ2n) is 5.82. The molecule has 0 bridgehead atoms. The van der Waals surface area contributed by atoms with E-state index >= 15 is 0 Å². The van der Waals surface area contributed by atoms with Crippen molar-refractivity contribution in [2.24, 2.45) is 0 Å². The summed E-state index contributed by atoms with van der Waals surface area (Å²) >= 11 is 1.75. The number of carbonyl (C=O) groups excluding carboxylic acids is 1. The van der Waals surface area contributed by atoms with E-state index in [1.54, 1.807) is 11.8 Å². The highest BCUT2D eigenvalue weighted by Crippen LogP contribution is 2.31. The molecule has 120 valence electrons. The number of thioether (sulfide) groups is 1. The number of ether oxygens (including phenoxy) is 1. The molecule has 4 rings (SSSR count). The third-order valence-electron chi connectivity index (χ3n) is 3.94. The number of urea groups is 1. The van der Waals surface area contributed by atoms with Gasteiger partial charge in [-0.05, 0) is 30.7 Å². The molecule has 0 aliphatic carbocycles. The van der Waals surface area contributed by atoms with Crippen LogP contribution in [-0.4, -0.2) is 27.4 Å². The van der Waals surface area contributed by atoms with Crippen LogP contribution in [0.1, 0.15) is 18.2 Å². The van der Waals surface area contributed by atoms with Crippen LogP contribution < -0.4 is 15.4 Å². The Bertz CT molecular complexity index is 737. The van der Waals surface area contributed by atoms with Crippen LogP contribution in [0.2, 0.25) is 0 Å². The largest absolute Gasteiger partial charge is 0.490 e. The number of nitrogens with one attached hydrogen (secondary N) is 2. The minimum Gasteiger partial charge on any atom is -0.490 e. The third-order valence-corrected chi connectivity index (χ3v) is 4.91. The average Bonchev–Trinajstić information content (AvgIpc) is 3.17. The Hall–Kier alpha value is -2.15. The van der Waals surface area contributed by atoms with Gasteiger partial charge in [0.05, 0.1) is 12.2 Å². The van der Waals surface area contributed by atoms with Crippen LogP contribution in [0.15, 0.2) is 29.6 Å². The minimum absolute atomic E-state index is 0.204. The zero-order valence-electron chi connectivity index (χ0n) is 12.8. The van der Waals surface area contributed by atoms with E-state index in [0.717, 1.165) is 46.6 Å². The van der Waals surface area contributed by atoms with Crippen molar-refractivity contribution in [1.29, 1.82) is 0 Å². The summed E-state index contributed by atoms with van der Waals surface area (Å²) in [6.07, 6.45) is 3.09. The molecule has 0 saturated carbocycles. The second-order valence-corrected chi connectivity index (χ2v) is 6.88. The van der Waals surface area contributed by atoms with Crippen LogP contribution in [0.3, 0.4) is 0 Å². The number of anilines is 1. The van der Waals surface area contributed by atoms with Crippen molar-refractivity contribution in [1.82, 2.24) is 14.9 Å². The van der Waals surface area contributed by atoms with Crippen molar-refractivity contribution in [2.45, 2.75) is 37.7 Å². The molecule has 23 heavy (non-hydrogen) atoms. The Labute approximate surface area is 138 Å². The van der Waals surface area contributed by atoms with Crippen molar-refractivity contribution >= 4 is 23.5 Å². The average molecular weight is 330 g/mol. The molecule has 1 aromatic carbocycles. The third kappa shape index (κ3) is 3.01. The van der Waals surface area contributed by atoms with Crippen LogP contribution in [0, 0.1) is 0 Å². The highest BCUT2D eigenvalue weighted by molar-refractivity contribution is 7.99. The lowest BCUT2D eigenvalue weighted by atomic mass is 10.1. The van der Waals surface area contributed by atoms with Gasteiger partial charge < -0.3 is 19.9 Å². The maximum atomic E-state index is 12.0. The van der Waals surface area contributed by atoms with E-state index in [4.69, 9.17) is 4.74 Å². The lowest BCUT2D eigenvalue weighted by molar-refractivity contribution is 0.251. The highest BCUT2D eigenvalue weighted by atomic mass is 32.2. The molecule has 0 saturated heterocycles. The van der Waals surface area contributed by atoms with Gasteiger partial charge in [-0.1, -0.05) is 11.8 Å². The van der Waals surface area contributed by atoms with E-state index in [9.17, 15) is 4.79 Å². The summed E-state index contributed by atoms with van der Waals surface area (Å²) in [6.45, 7) is 3.46.